The minimum atomic E-state index is -1.15. The summed E-state index contributed by atoms with van der Waals surface area (Å²) in [6.07, 6.45) is 0.355. The zero-order valence-electron chi connectivity index (χ0n) is 10.6. The topological polar surface area (TPSA) is 63.3 Å². The molecule has 1 atom stereocenters. The molecule has 0 amide bonds. The zero-order chi connectivity index (χ0) is 14.3. The third-order valence-corrected chi connectivity index (χ3v) is 9.67. The number of rotatable bonds is 8. The van der Waals surface area contributed by atoms with Crippen molar-refractivity contribution in [1.82, 2.24) is 0 Å². The standard InChI is InChI=1S/C13H18AsCl2NO2/c15-7-5-14(6-8-16)11-3-1-10(2-4-11)9-12(17)13(18)19/h1-4,12H,5-9,17H2,(H,18,19)/t12-/m0/s1. The number of aliphatic carboxylic acids is 1. The van der Waals surface area contributed by atoms with Crippen molar-refractivity contribution in [3.05, 3.63) is 29.8 Å². The van der Waals surface area contributed by atoms with Gasteiger partial charge in [-0.2, -0.15) is 0 Å². The SMILES string of the molecule is N[C@@H](Cc1ccc([As](CCCl)CCCl)cc1)C(=O)O. The molecular formula is C13H18AsCl2NO2. The molecule has 0 spiro atoms. The Bertz CT molecular complexity index is 394. The van der Waals surface area contributed by atoms with Crippen molar-refractivity contribution in [2.45, 2.75) is 22.9 Å². The summed E-state index contributed by atoms with van der Waals surface area (Å²) in [6, 6.07) is 7.22. The summed E-state index contributed by atoms with van der Waals surface area (Å²) in [5.41, 5.74) is 6.46. The Labute approximate surface area is 128 Å². The molecule has 1 aromatic carbocycles. The van der Waals surface area contributed by atoms with E-state index in [4.69, 9.17) is 34.0 Å². The van der Waals surface area contributed by atoms with E-state index in [9.17, 15) is 4.79 Å². The van der Waals surface area contributed by atoms with Crippen LogP contribution >= 0.6 is 23.2 Å². The van der Waals surface area contributed by atoms with E-state index in [1.807, 2.05) is 12.1 Å². The van der Waals surface area contributed by atoms with E-state index in [0.29, 0.717) is 18.2 Å². The van der Waals surface area contributed by atoms with Crippen LogP contribution in [0.25, 0.3) is 0 Å². The van der Waals surface area contributed by atoms with Crippen LogP contribution in [0.3, 0.4) is 0 Å². The predicted octanol–water partition coefficient (Wildman–Crippen LogP) is 1.82. The molecule has 0 saturated heterocycles. The van der Waals surface area contributed by atoms with E-state index in [1.54, 1.807) is 0 Å². The average molecular weight is 366 g/mol. The van der Waals surface area contributed by atoms with Gasteiger partial charge in [-0.05, 0) is 0 Å². The van der Waals surface area contributed by atoms with Gasteiger partial charge in [0.2, 0.25) is 0 Å². The summed E-state index contributed by atoms with van der Waals surface area (Å²) in [5.74, 6) is 0.367. The van der Waals surface area contributed by atoms with Gasteiger partial charge >= 0.3 is 128 Å². The van der Waals surface area contributed by atoms with Gasteiger partial charge in [0.15, 0.2) is 0 Å². The van der Waals surface area contributed by atoms with E-state index in [1.165, 1.54) is 4.35 Å². The quantitative estimate of drug-likeness (QED) is 0.545. The number of carbonyl (C=O) groups is 1. The number of alkyl halides is 2. The normalized spacial score (nSPS) is 12.6. The molecular weight excluding hydrogens is 348 g/mol. The molecule has 3 N–H and O–H groups in total. The average Bonchev–Trinajstić information content (AvgIpc) is 2.39. The first-order valence-corrected chi connectivity index (χ1v) is 10.7. The summed E-state index contributed by atoms with van der Waals surface area (Å²) in [6.45, 7) is 0. The summed E-state index contributed by atoms with van der Waals surface area (Å²) in [4.78, 5) is 10.7. The Morgan fingerprint density at radius 2 is 1.74 bits per heavy atom. The number of benzene rings is 1. The predicted molar refractivity (Wildman–Crippen MR) is 82.2 cm³/mol. The molecule has 106 valence electrons. The maximum absolute atomic E-state index is 10.7. The van der Waals surface area contributed by atoms with Gasteiger partial charge in [-0.3, -0.25) is 0 Å². The van der Waals surface area contributed by atoms with Crippen molar-refractivity contribution in [1.29, 1.82) is 0 Å². The molecule has 19 heavy (non-hydrogen) atoms. The Kier molecular flexibility index (Phi) is 7.85. The van der Waals surface area contributed by atoms with Crippen LogP contribution in [0.4, 0.5) is 0 Å². The van der Waals surface area contributed by atoms with Crippen LogP contribution in [0.2, 0.25) is 10.4 Å². The van der Waals surface area contributed by atoms with Crippen molar-refractivity contribution in [3.63, 3.8) is 0 Å². The van der Waals surface area contributed by atoms with Gasteiger partial charge in [-0.1, -0.05) is 0 Å². The van der Waals surface area contributed by atoms with Crippen molar-refractivity contribution >= 4 is 48.2 Å². The molecule has 0 radical (unpaired) electrons. The molecule has 3 nitrogen and oxygen atoms in total. The van der Waals surface area contributed by atoms with Gasteiger partial charge in [-0.15, -0.1) is 0 Å². The Balaban J connectivity index is 2.71. The number of carboxylic acid groups (broad SMARTS) is 1. The number of hydrogen-bond acceptors (Lipinski definition) is 2. The molecule has 1 aromatic rings. The Hall–Kier alpha value is -0.212. The number of nitrogens with two attached hydrogens (primary N) is 1. The molecule has 6 heteroatoms. The third kappa shape index (κ3) is 5.74. The van der Waals surface area contributed by atoms with Gasteiger partial charge in [-0.25, -0.2) is 0 Å². The molecule has 1 rings (SSSR count). The fourth-order valence-electron chi connectivity index (χ4n) is 1.76. The molecule has 0 aliphatic rings. The summed E-state index contributed by atoms with van der Waals surface area (Å²) in [5, 5.41) is 10.9. The fraction of sp³-hybridized carbons (Fsp3) is 0.462. The molecule has 0 unspecified atom stereocenters. The molecule has 0 aliphatic carbocycles. The van der Waals surface area contributed by atoms with Gasteiger partial charge in [0.05, 0.1) is 0 Å². The first-order chi connectivity index (χ1) is 9.08. The van der Waals surface area contributed by atoms with E-state index < -0.39 is 26.7 Å². The van der Waals surface area contributed by atoms with Crippen LogP contribution < -0.4 is 10.1 Å². The van der Waals surface area contributed by atoms with E-state index >= 15 is 0 Å². The van der Waals surface area contributed by atoms with E-state index in [0.717, 1.165) is 16.0 Å². The molecule has 0 heterocycles. The number of carboxylic acids is 1. The maximum atomic E-state index is 10.7. The van der Waals surface area contributed by atoms with E-state index in [-0.39, 0.29) is 0 Å². The first-order valence-electron chi connectivity index (χ1n) is 6.02. The monoisotopic (exact) mass is 365 g/mol. The van der Waals surface area contributed by atoms with Crippen molar-refractivity contribution in [2.24, 2.45) is 5.73 Å². The Morgan fingerprint density at radius 3 is 2.16 bits per heavy atom. The van der Waals surface area contributed by atoms with Crippen LogP contribution in [0, 0.1) is 0 Å². The first kappa shape index (κ1) is 16.8. The van der Waals surface area contributed by atoms with Crippen LogP contribution in [-0.2, 0) is 11.2 Å². The number of hydrogen-bond donors (Lipinski definition) is 2. The van der Waals surface area contributed by atoms with Crippen molar-refractivity contribution in [3.8, 4) is 0 Å². The minimum absolute atomic E-state index is 0.355. The van der Waals surface area contributed by atoms with Crippen LogP contribution in [-0.4, -0.2) is 43.5 Å². The van der Waals surface area contributed by atoms with Crippen LogP contribution in [0.1, 0.15) is 5.56 Å². The second-order valence-corrected chi connectivity index (χ2v) is 10.2. The van der Waals surface area contributed by atoms with Crippen molar-refractivity contribution < 1.29 is 9.90 Å². The summed E-state index contributed by atoms with van der Waals surface area (Å²) in [7, 11) is 0. The van der Waals surface area contributed by atoms with Crippen molar-refractivity contribution in [2.75, 3.05) is 11.8 Å². The number of halogens is 2. The molecule has 0 fully saturated rings. The Morgan fingerprint density at radius 1 is 1.21 bits per heavy atom. The fourth-order valence-corrected chi connectivity index (χ4v) is 7.48. The summed E-state index contributed by atoms with van der Waals surface area (Å²) >= 11 is 10.5. The second-order valence-electron chi connectivity index (χ2n) is 4.18. The zero-order valence-corrected chi connectivity index (χ0v) is 13.9. The van der Waals surface area contributed by atoms with Gasteiger partial charge in [0, 0.05) is 0 Å². The van der Waals surface area contributed by atoms with Gasteiger partial charge < -0.3 is 0 Å². The molecule has 0 aromatic heterocycles. The molecule has 0 saturated carbocycles. The van der Waals surface area contributed by atoms with Crippen LogP contribution in [0.5, 0.6) is 0 Å². The van der Waals surface area contributed by atoms with Gasteiger partial charge in [0.25, 0.3) is 0 Å². The molecule has 0 bridgehead atoms. The van der Waals surface area contributed by atoms with Crippen LogP contribution in [0.15, 0.2) is 24.3 Å². The van der Waals surface area contributed by atoms with Gasteiger partial charge in [0.1, 0.15) is 0 Å². The van der Waals surface area contributed by atoms with E-state index in [2.05, 4.69) is 12.1 Å². The molecule has 0 aliphatic heterocycles. The summed E-state index contributed by atoms with van der Waals surface area (Å²) < 4.78 is 1.33. The second kappa shape index (κ2) is 8.86. The third-order valence-electron chi connectivity index (χ3n) is 2.78.